The zero-order valence-corrected chi connectivity index (χ0v) is 19.2. The van der Waals surface area contributed by atoms with Crippen LogP contribution in [0.3, 0.4) is 0 Å². The number of Topliss-reactive ketones (excluding diaryl/α,β-unsaturated/α-hetero) is 1. The first-order valence-corrected chi connectivity index (χ1v) is 10.7. The van der Waals surface area contributed by atoms with Crippen LogP contribution in [0.2, 0.25) is 0 Å². The number of aliphatic hydroxyl groups is 1. The van der Waals surface area contributed by atoms with Crippen molar-refractivity contribution in [3.05, 3.63) is 65.2 Å². The Morgan fingerprint density at radius 2 is 1.73 bits per heavy atom. The third-order valence-electron chi connectivity index (χ3n) is 6.29. The van der Waals surface area contributed by atoms with Crippen LogP contribution in [0.5, 0.6) is 5.75 Å². The predicted octanol–water partition coefficient (Wildman–Crippen LogP) is 2.20. The zero-order valence-electron chi connectivity index (χ0n) is 19.2. The number of rotatable bonds is 6. The number of carbonyl (C=O) groups is 3. The molecule has 0 bridgehead atoms. The highest BCUT2D eigenvalue weighted by Crippen LogP contribution is 2.53. The molecule has 2 aromatic carbocycles. The number of hydrogen-bond acceptors (Lipinski definition) is 6. The van der Waals surface area contributed by atoms with Crippen LogP contribution in [0.1, 0.15) is 17.5 Å². The van der Waals surface area contributed by atoms with Gasteiger partial charge in [0.2, 0.25) is 0 Å². The molecule has 172 valence electrons. The number of ether oxygens (including phenoxy) is 1. The van der Waals surface area contributed by atoms with Crippen molar-refractivity contribution in [1.29, 1.82) is 0 Å². The fraction of sp³-hybridized carbons (Fsp3) is 0.320. The third kappa shape index (κ3) is 3.29. The number of fused-ring (bicyclic) bond motifs is 2. The number of amides is 2. The summed E-state index contributed by atoms with van der Waals surface area (Å²) in [6.45, 7) is 0.860. The normalized spacial score (nSPS) is 21.4. The number of hydrogen-bond donors (Lipinski definition) is 1. The number of carbonyl (C=O) groups excluding carboxylic acids is 3. The fourth-order valence-electron chi connectivity index (χ4n) is 4.71. The number of ketones is 1. The highest BCUT2D eigenvalue weighted by molar-refractivity contribution is 6.50. The average molecular weight is 450 g/mol. The molecule has 2 amide bonds. The van der Waals surface area contributed by atoms with E-state index in [2.05, 4.69) is 0 Å². The van der Waals surface area contributed by atoms with Gasteiger partial charge >= 0.3 is 0 Å². The number of aliphatic hydroxyl groups excluding tert-OH is 1. The number of anilines is 1. The molecular formula is C25H27N3O5. The molecule has 8 nitrogen and oxygen atoms in total. The summed E-state index contributed by atoms with van der Waals surface area (Å²) in [5, 5.41) is 11.3. The number of nitrogens with zero attached hydrogens (tertiary/aromatic N) is 3. The molecule has 1 unspecified atom stereocenters. The summed E-state index contributed by atoms with van der Waals surface area (Å²) < 4.78 is 5.17. The Morgan fingerprint density at radius 1 is 1.06 bits per heavy atom. The molecule has 1 fully saturated rings. The van der Waals surface area contributed by atoms with Gasteiger partial charge < -0.3 is 24.5 Å². The van der Waals surface area contributed by atoms with Gasteiger partial charge in [0.25, 0.3) is 17.6 Å². The Hall–Kier alpha value is -3.65. The summed E-state index contributed by atoms with van der Waals surface area (Å²) in [6, 6.07) is 13.5. The minimum atomic E-state index is -1.71. The molecule has 2 aromatic rings. The maximum Gasteiger partial charge on any atom is 0.296 e. The second kappa shape index (κ2) is 8.37. The molecule has 2 aliphatic heterocycles. The summed E-state index contributed by atoms with van der Waals surface area (Å²) in [6.07, 6.45) is 0.559. The van der Waals surface area contributed by atoms with Crippen LogP contribution in [0.4, 0.5) is 5.69 Å². The molecule has 2 aliphatic rings. The summed E-state index contributed by atoms with van der Waals surface area (Å²) in [7, 11) is 6.97. The second-order valence-corrected chi connectivity index (χ2v) is 8.49. The highest BCUT2D eigenvalue weighted by Gasteiger charge is 2.66. The van der Waals surface area contributed by atoms with Gasteiger partial charge in [-0.25, -0.2) is 0 Å². The number of para-hydroxylation sites is 1. The van der Waals surface area contributed by atoms with E-state index in [9.17, 15) is 19.5 Å². The molecule has 2 heterocycles. The average Bonchev–Trinajstić information content (AvgIpc) is 3.17. The lowest BCUT2D eigenvalue weighted by molar-refractivity contribution is -0.143. The van der Waals surface area contributed by atoms with Crippen LogP contribution in [0.25, 0.3) is 5.76 Å². The maximum atomic E-state index is 13.8. The summed E-state index contributed by atoms with van der Waals surface area (Å²) >= 11 is 0. The lowest BCUT2D eigenvalue weighted by atomic mass is 9.82. The molecule has 0 aliphatic carbocycles. The van der Waals surface area contributed by atoms with Crippen molar-refractivity contribution >= 4 is 29.0 Å². The predicted molar refractivity (Wildman–Crippen MR) is 124 cm³/mol. The van der Waals surface area contributed by atoms with Crippen molar-refractivity contribution in [2.75, 3.05) is 46.2 Å². The van der Waals surface area contributed by atoms with E-state index in [1.54, 1.807) is 55.6 Å². The van der Waals surface area contributed by atoms with E-state index in [1.807, 2.05) is 19.0 Å². The van der Waals surface area contributed by atoms with Gasteiger partial charge in [-0.15, -0.1) is 0 Å². The number of methoxy groups -OCH3 is 1. The Bertz CT molecular complexity index is 1150. The Balaban J connectivity index is 1.96. The molecule has 1 spiro atoms. The van der Waals surface area contributed by atoms with Crippen LogP contribution < -0.4 is 9.64 Å². The number of likely N-dealkylation sites (N-methyl/N-ethyl adjacent to an activating group) is 1. The van der Waals surface area contributed by atoms with Crippen LogP contribution in [0.15, 0.2) is 54.1 Å². The number of benzene rings is 2. The molecule has 1 saturated heterocycles. The lowest BCUT2D eigenvalue weighted by Gasteiger charge is -2.34. The Labute approximate surface area is 192 Å². The van der Waals surface area contributed by atoms with Crippen LogP contribution in [-0.2, 0) is 19.9 Å². The number of likely N-dealkylation sites (tertiary alicyclic amines) is 1. The topological polar surface area (TPSA) is 90.4 Å². The molecule has 4 rings (SSSR count). The third-order valence-corrected chi connectivity index (χ3v) is 6.29. The van der Waals surface area contributed by atoms with Gasteiger partial charge in [-0.1, -0.05) is 18.2 Å². The van der Waals surface area contributed by atoms with E-state index in [-0.39, 0.29) is 17.9 Å². The monoisotopic (exact) mass is 449 g/mol. The molecule has 33 heavy (non-hydrogen) atoms. The van der Waals surface area contributed by atoms with Crippen LogP contribution in [0, 0.1) is 0 Å². The second-order valence-electron chi connectivity index (χ2n) is 8.49. The van der Waals surface area contributed by atoms with Gasteiger partial charge in [0.1, 0.15) is 11.5 Å². The quantitative estimate of drug-likeness (QED) is 0.413. The van der Waals surface area contributed by atoms with E-state index in [0.717, 1.165) is 0 Å². The first-order chi connectivity index (χ1) is 15.7. The Morgan fingerprint density at radius 3 is 2.36 bits per heavy atom. The van der Waals surface area contributed by atoms with Crippen molar-refractivity contribution in [3.63, 3.8) is 0 Å². The van der Waals surface area contributed by atoms with E-state index in [0.29, 0.717) is 35.5 Å². The molecule has 0 saturated carbocycles. The van der Waals surface area contributed by atoms with Crippen LogP contribution >= 0.6 is 0 Å². The standard InChI is InChI=1S/C25H27N3O5/c1-26(2)14-7-15-28-23(31)22(30)20(21(29)16-10-12-17(33-4)13-11-16)25(28)18-8-5-6-9-19(18)27(3)24(25)32/h5-6,8-13,29H,7,14-15H2,1-4H3/b21-20-. The van der Waals surface area contributed by atoms with Crippen molar-refractivity contribution < 1.29 is 24.2 Å². The first-order valence-electron chi connectivity index (χ1n) is 10.7. The van der Waals surface area contributed by atoms with Crippen molar-refractivity contribution in [3.8, 4) is 5.75 Å². The SMILES string of the molecule is COc1ccc(/C(O)=C2\C(=O)C(=O)N(CCCN(C)C)C23C(=O)N(C)c2ccccc23)cc1. The molecule has 0 aromatic heterocycles. The van der Waals surface area contributed by atoms with E-state index < -0.39 is 23.1 Å². The maximum absolute atomic E-state index is 13.8. The van der Waals surface area contributed by atoms with Gasteiger partial charge in [-0.3, -0.25) is 14.4 Å². The van der Waals surface area contributed by atoms with Crippen molar-refractivity contribution in [2.45, 2.75) is 12.0 Å². The molecular weight excluding hydrogens is 422 g/mol. The van der Waals surface area contributed by atoms with Crippen molar-refractivity contribution in [2.24, 2.45) is 0 Å². The van der Waals surface area contributed by atoms with Gasteiger partial charge in [0.05, 0.1) is 12.7 Å². The highest BCUT2D eigenvalue weighted by atomic mass is 16.5. The van der Waals surface area contributed by atoms with Gasteiger partial charge in [0, 0.05) is 30.4 Å². The smallest absolute Gasteiger partial charge is 0.296 e. The molecule has 0 radical (unpaired) electrons. The minimum absolute atomic E-state index is 0.191. The fourth-order valence-corrected chi connectivity index (χ4v) is 4.71. The van der Waals surface area contributed by atoms with E-state index in [1.165, 1.54) is 16.9 Å². The minimum Gasteiger partial charge on any atom is -0.507 e. The van der Waals surface area contributed by atoms with Crippen LogP contribution in [-0.4, -0.2) is 73.8 Å². The Kier molecular flexibility index (Phi) is 5.71. The van der Waals surface area contributed by atoms with E-state index in [4.69, 9.17) is 4.74 Å². The molecule has 8 heteroatoms. The lowest BCUT2D eigenvalue weighted by Crippen LogP contribution is -2.51. The summed E-state index contributed by atoms with van der Waals surface area (Å²) in [5.74, 6) is -1.91. The molecule has 1 atom stereocenters. The molecule has 1 N–H and O–H groups in total. The van der Waals surface area contributed by atoms with Gasteiger partial charge in [-0.05, 0) is 57.4 Å². The van der Waals surface area contributed by atoms with Gasteiger partial charge in [0.15, 0.2) is 5.54 Å². The summed E-state index contributed by atoms with van der Waals surface area (Å²) in [5.41, 5.74) is -0.486. The zero-order chi connectivity index (χ0) is 23.9. The first kappa shape index (κ1) is 22.5. The summed E-state index contributed by atoms with van der Waals surface area (Å²) in [4.78, 5) is 45.2. The van der Waals surface area contributed by atoms with E-state index >= 15 is 0 Å². The largest absolute Gasteiger partial charge is 0.507 e. The van der Waals surface area contributed by atoms with Gasteiger partial charge in [-0.2, -0.15) is 0 Å². The van der Waals surface area contributed by atoms with Crippen molar-refractivity contribution in [1.82, 2.24) is 9.80 Å².